The van der Waals surface area contributed by atoms with E-state index in [1.807, 2.05) is 26.0 Å². The van der Waals surface area contributed by atoms with E-state index in [4.69, 9.17) is 13.9 Å². The molecule has 3 aromatic rings. The minimum absolute atomic E-state index is 0.132. The Hall–Kier alpha value is -3.44. The van der Waals surface area contributed by atoms with Crippen LogP contribution >= 0.6 is 0 Å². The first kappa shape index (κ1) is 22.7. The topological polar surface area (TPSA) is 125 Å². The summed E-state index contributed by atoms with van der Waals surface area (Å²) in [7, 11) is 0. The van der Waals surface area contributed by atoms with Crippen LogP contribution in [-0.4, -0.2) is 59.9 Å². The van der Waals surface area contributed by atoms with Crippen LogP contribution in [0.4, 0.5) is 17.3 Å². The number of aromatic nitrogens is 2. The van der Waals surface area contributed by atoms with Crippen LogP contribution in [0.5, 0.6) is 0 Å². The van der Waals surface area contributed by atoms with Crippen LogP contribution in [0.15, 0.2) is 28.7 Å². The minimum Gasteiger partial charge on any atom is -0.395 e. The summed E-state index contributed by atoms with van der Waals surface area (Å²) in [5, 5.41) is 13.7. The number of fused-ring (bicyclic) bond motifs is 1. The number of nitrogens with one attached hydrogen (secondary N) is 1. The van der Waals surface area contributed by atoms with Crippen molar-refractivity contribution in [3.63, 3.8) is 0 Å². The number of aryl methyl sites for hydroxylation is 2. The molecule has 4 rings (SSSR count). The zero-order valence-corrected chi connectivity index (χ0v) is 18.7. The molecular weight excluding hydrogens is 430 g/mol. The summed E-state index contributed by atoms with van der Waals surface area (Å²) in [6.45, 7) is 8.59. The van der Waals surface area contributed by atoms with Gasteiger partial charge in [0, 0.05) is 32.8 Å². The minimum atomic E-state index is -0.678. The Balaban J connectivity index is 1.67. The van der Waals surface area contributed by atoms with Gasteiger partial charge in [0.25, 0.3) is 5.91 Å². The standard InChI is InChI=1S/C22H27N5O6/c1-3-31-10-4-7-26-15(2)23-17-13-16(18(14-19(17)26)25-8-11-32-12-9-25)24-22(28)20-5-6-21(33-20)27(29)30/h5-6,13-14H,3-4,7-12H2,1-2H3,(H,24,28). The number of carbonyl (C=O) groups excluding carboxylic acids is 1. The molecule has 3 heterocycles. The van der Waals surface area contributed by atoms with Crippen molar-refractivity contribution in [2.24, 2.45) is 0 Å². The van der Waals surface area contributed by atoms with Crippen molar-refractivity contribution in [3.05, 3.63) is 46.0 Å². The van der Waals surface area contributed by atoms with Gasteiger partial charge in [-0.3, -0.25) is 14.9 Å². The van der Waals surface area contributed by atoms with Gasteiger partial charge in [-0.25, -0.2) is 4.98 Å². The second-order valence-corrected chi connectivity index (χ2v) is 7.67. The van der Waals surface area contributed by atoms with Crippen molar-refractivity contribution < 1.29 is 23.6 Å². The summed E-state index contributed by atoms with van der Waals surface area (Å²) in [6, 6.07) is 6.31. The number of hydrogen-bond donors (Lipinski definition) is 1. The van der Waals surface area contributed by atoms with Crippen molar-refractivity contribution in [2.75, 3.05) is 49.7 Å². The van der Waals surface area contributed by atoms with E-state index >= 15 is 0 Å². The van der Waals surface area contributed by atoms with Crippen LogP contribution in [0.3, 0.4) is 0 Å². The number of nitrogens with zero attached hydrogens (tertiary/aromatic N) is 4. The molecule has 1 aromatic carbocycles. The zero-order chi connectivity index (χ0) is 23.4. The number of morpholine rings is 1. The van der Waals surface area contributed by atoms with Gasteiger partial charge in [-0.2, -0.15) is 0 Å². The maximum absolute atomic E-state index is 12.8. The monoisotopic (exact) mass is 457 g/mol. The smallest absolute Gasteiger partial charge is 0.395 e. The number of rotatable bonds is 9. The number of carbonyl (C=O) groups is 1. The molecule has 1 aliphatic rings. The van der Waals surface area contributed by atoms with Crippen LogP contribution < -0.4 is 10.2 Å². The summed E-state index contributed by atoms with van der Waals surface area (Å²) in [5.41, 5.74) is 3.12. The Bertz CT molecular complexity index is 1150. The molecule has 0 bridgehead atoms. The van der Waals surface area contributed by atoms with E-state index < -0.39 is 16.7 Å². The van der Waals surface area contributed by atoms with Crippen LogP contribution in [-0.2, 0) is 16.0 Å². The molecule has 11 nitrogen and oxygen atoms in total. The van der Waals surface area contributed by atoms with E-state index in [9.17, 15) is 14.9 Å². The van der Waals surface area contributed by atoms with Crippen molar-refractivity contribution in [1.29, 1.82) is 0 Å². The van der Waals surface area contributed by atoms with Crippen LogP contribution in [0.1, 0.15) is 29.7 Å². The third-order valence-corrected chi connectivity index (χ3v) is 5.53. The predicted molar refractivity (Wildman–Crippen MR) is 122 cm³/mol. The number of hydrogen-bond acceptors (Lipinski definition) is 8. The molecule has 0 radical (unpaired) electrons. The highest BCUT2D eigenvalue weighted by Crippen LogP contribution is 2.33. The lowest BCUT2D eigenvalue weighted by atomic mass is 10.2. The molecule has 1 N–H and O–H groups in total. The first-order valence-electron chi connectivity index (χ1n) is 10.9. The Kier molecular flexibility index (Phi) is 6.90. The van der Waals surface area contributed by atoms with Gasteiger partial charge in [-0.15, -0.1) is 0 Å². The molecule has 2 aromatic heterocycles. The van der Waals surface area contributed by atoms with E-state index in [2.05, 4.69) is 19.8 Å². The maximum Gasteiger partial charge on any atom is 0.433 e. The van der Waals surface area contributed by atoms with Gasteiger partial charge in [-0.1, -0.05) is 0 Å². The van der Waals surface area contributed by atoms with Crippen LogP contribution in [0.2, 0.25) is 0 Å². The molecule has 1 fully saturated rings. The first-order chi connectivity index (χ1) is 16.0. The Morgan fingerprint density at radius 2 is 2.09 bits per heavy atom. The fourth-order valence-electron chi connectivity index (χ4n) is 3.93. The molecular formula is C22H27N5O6. The molecule has 0 aliphatic carbocycles. The van der Waals surface area contributed by atoms with Crippen molar-refractivity contribution >= 4 is 34.2 Å². The molecule has 0 saturated carbocycles. The lowest BCUT2D eigenvalue weighted by molar-refractivity contribution is -0.402. The molecule has 11 heteroatoms. The quantitative estimate of drug-likeness (QED) is 0.295. The highest BCUT2D eigenvalue weighted by Gasteiger charge is 2.22. The molecule has 0 spiro atoms. The van der Waals surface area contributed by atoms with Crippen LogP contribution in [0, 0.1) is 17.0 Å². The van der Waals surface area contributed by atoms with Gasteiger partial charge in [0.15, 0.2) is 5.76 Å². The summed E-state index contributed by atoms with van der Waals surface area (Å²) in [5.74, 6) is -0.304. The third kappa shape index (κ3) is 4.99. The molecule has 0 unspecified atom stereocenters. The maximum atomic E-state index is 12.8. The average molecular weight is 457 g/mol. The first-order valence-corrected chi connectivity index (χ1v) is 10.9. The van der Waals surface area contributed by atoms with Crippen molar-refractivity contribution in [2.45, 2.75) is 26.8 Å². The number of benzene rings is 1. The number of ether oxygens (including phenoxy) is 2. The second kappa shape index (κ2) is 10.0. The number of imidazole rings is 1. The fraction of sp³-hybridized carbons (Fsp3) is 0.455. The molecule has 33 heavy (non-hydrogen) atoms. The summed E-state index contributed by atoms with van der Waals surface area (Å²) in [6.07, 6.45) is 0.864. The van der Waals surface area contributed by atoms with E-state index in [1.54, 1.807) is 0 Å². The molecule has 176 valence electrons. The van der Waals surface area contributed by atoms with Crippen molar-refractivity contribution in [1.82, 2.24) is 9.55 Å². The number of anilines is 2. The van der Waals surface area contributed by atoms with Gasteiger partial charge >= 0.3 is 5.88 Å². The van der Waals surface area contributed by atoms with E-state index in [0.29, 0.717) is 45.2 Å². The Morgan fingerprint density at radius 3 is 2.79 bits per heavy atom. The highest BCUT2D eigenvalue weighted by atomic mass is 16.6. The second-order valence-electron chi connectivity index (χ2n) is 7.67. The average Bonchev–Trinajstić information content (AvgIpc) is 3.42. The molecule has 1 saturated heterocycles. The van der Waals surface area contributed by atoms with Gasteiger partial charge < -0.3 is 28.7 Å². The normalized spacial score (nSPS) is 14.1. The van der Waals surface area contributed by atoms with Gasteiger partial charge in [0.1, 0.15) is 10.7 Å². The lowest BCUT2D eigenvalue weighted by Gasteiger charge is -2.30. The zero-order valence-electron chi connectivity index (χ0n) is 18.7. The largest absolute Gasteiger partial charge is 0.433 e. The number of furan rings is 1. The van der Waals surface area contributed by atoms with Gasteiger partial charge in [0.05, 0.1) is 41.7 Å². The number of amides is 1. The molecule has 0 atom stereocenters. The SMILES string of the molecule is CCOCCCn1c(C)nc2cc(NC(=O)c3ccc([N+](=O)[O-])o3)c(N3CCOCC3)cc21. The van der Waals surface area contributed by atoms with Gasteiger partial charge in [-0.05, 0) is 38.5 Å². The fourth-order valence-corrected chi connectivity index (χ4v) is 3.93. The Morgan fingerprint density at radius 1 is 1.30 bits per heavy atom. The Labute approximate surface area is 190 Å². The van der Waals surface area contributed by atoms with E-state index in [-0.39, 0.29) is 5.76 Å². The van der Waals surface area contributed by atoms with Crippen LogP contribution in [0.25, 0.3) is 11.0 Å². The van der Waals surface area contributed by atoms with E-state index in [1.165, 1.54) is 6.07 Å². The molecule has 1 amide bonds. The summed E-state index contributed by atoms with van der Waals surface area (Å²) in [4.78, 5) is 29.8. The van der Waals surface area contributed by atoms with Crippen molar-refractivity contribution in [3.8, 4) is 0 Å². The highest BCUT2D eigenvalue weighted by molar-refractivity contribution is 6.06. The summed E-state index contributed by atoms with van der Waals surface area (Å²) < 4.78 is 18.2. The summed E-state index contributed by atoms with van der Waals surface area (Å²) >= 11 is 0. The molecule has 1 aliphatic heterocycles. The van der Waals surface area contributed by atoms with E-state index in [0.717, 1.165) is 41.6 Å². The predicted octanol–water partition coefficient (Wildman–Crippen LogP) is 3.36. The lowest BCUT2D eigenvalue weighted by Crippen LogP contribution is -2.36. The number of nitro groups is 1. The third-order valence-electron chi connectivity index (χ3n) is 5.53. The van der Waals surface area contributed by atoms with Gasteiger partial charge in [0.2, 0.25) is 0 Å².